The molecule has 0 saturated heterocycles. The first-order valence-electron chi connectivity index (χ1n) is 9.94. The number of nitrogens with one attached hydrogen (secondary N) is 1. The first-order valence-corrected chi connectivity index (χ1v) is 11.8. The number of hydrogen-bond acceptors (Lipinski definition) is 4. The van der Waals surface area contributed by atoms with Crippen molar-refractivity contribution in [2.24, 2.45) is 0 Å². The zero-order valence-electron chi connectivity index (χ0n) is 18.6. The van der Waals surface area contributed by atoms with E-state index < -0.39 is 10.0 Å². The van der Waals surface area contributed by atoms with Crippen LogP contribution in [0.15, 0.2) is 48.5 Å². The quantitative estimate of drug-likeness (QED) is 0.691. The topological polar surface area (TPSA) is 75.7 Å². The van der Waals surface area contributed by atoms with Gasteiger partial charge >= 0.3 is 0 Å². The summed E-state index contributed by atoms with van der Waals surface area (Å²) in [7, 11) is -3.62. The van der Waals surface area contributed by atoms with Crippen LogP contribution in [-0.2, 0) is 20.2 Å². The minimum absolute atomic E-state index is 0.0433. The third kappa shape index (κ3) is 6.76. The summed E-state index contributed by atoms with van der Waals surface area (Å²) in [6, 6.07) is 14.6. The number of anilines is 1. The number of para-hydroxylation sites is 1. The highest BCUT2D eigenvalue weighted by molar-refractivity contribution is 7.92. The van der Waals surface area contributed by atoms with E-state index in [1.807, 2.05) is 50.2 Å². The van der Waals surface area contributed by atoms with Crippen LogP contribution >= 0.6 is 0 Å². The van der Waals surface area contributed by atoms with E-state index in [1.165, 1.54) is 0 Å². The molecule has 0 fully saturated rings. The second-order valence-electron chi connectivity index (χ2n) is 8.61. The Bertz CT molecular complexity index is 963. The molecule has 2 rings (SSSR count). The Labute approximate surface area is 180 Å². The van der Waals surface area contributed by atoms with Crippen LogP contribution in [0.25, 0.3) is 0 Å². The zero-order chi connectivity index (χ0) is 22.5. The van der Waals surface area contributed by atoms with Crippen molar-refractivity contribution in [3.63, 3.8) is 0 Å². The average molecular weight is 433 g/mol. The number of amides is 1. The van der Waals surface area contributed by atoms with E-state index in [1.54, 1.807) is 12.1 Å². The smallest absolute Gasteiger partial charge is 0.241 e. The molecule has 2 aromatic carbocycles. The van der Waals surface area contributed by atoms with Gasteiger partial charge < -0.3 is 10.1 Å². The molecule has 0 aliphatic heterocycles. The Morgan fingerprint density at radius 3 is 2.23 bits per heavy atom. The van der Waals surface area contributed by atoms with Crippen molar-refractivity contribution in [2.75, 3.05) is 23.7 Å². The van der Waals surface area contributed by atoms with Crippen LogP contribution in [0.1, 0.15) is 38.8 Å². The summed E-state index contributed by atoms with van der Waals surface area (Å²) in [5, 5.41) is 2.81. The Morgan fingerprint density at radius 2 is 1.70 bits per heavy atom. The molecule has 2 aromatic rings. The van der Waals surface area contributed by atoms with Gasteiger partial charge in [-0.15, -0.1) is 0 Å². The van der Waals surface area contributed by atoms with Gasteiger partial charge in [-0.1, -0.05) is 51.1 Å². The summed E-state index contributed by atoms with van der Waals surface area (Å²) >= 11 is 0. The molecule has 0 spiro atoms. The number of carbonyl (C=O) groups is 1. The van der Waals surface area contributed by atoms with Crippen molar-refractivity contribution < 1.29 is 17.9 Å². The Balaban J connectivity index is 2.02. The molecule has 0 aromatic heterocycles. The molecule has 1 N–H and O–H groups in total. The largest absolute Gasteiger partial charge is 0.491 e. The molecular weight excluding hydrogens is 400 g/mol. The monoisotopic (exact) mass is 432 g/mol. The minimum atomic E-state index is -3.62. The summed E-state index contributed by atoms with van der Waals surface area (Å²) in [5.74, 6) is 0.372. The van der Waals surface area contributed by atoms with E-state index >= 15 is 0 Å². The maximum atomic E-state index is 12.5. The SMILES string of the molecule is Cc1ccccc1OCC(C)NC(=O)CN(c1ccc(C(C)(C)C)cc1)S(C)(=O)=O. The molecule has 1 unspecified atom stereocenters. The number of nitrogens with zero attached hydrogens (tertiary/aromatic N) is 1. The highest BCUT2D eigenvalue weighted by Crippen LogP contribution is 2.25. The van der Waals surface area contributed by atoms with E-state index in [0.717, 1.165) is 27.4 Å². The number of benzene rings is 2. The summed E-state index contributed by atoms with van der Waals surface area (Å²) in [6.07, 6.45) is 1.10. The Kier molecular flexibility index (Phi) is 7.53. The highest BCUT2D eigenvalue weighted by atomic mass is 32.2. The van der Waals surface area contributed by atoms with E-state index in [4.69, 9.17) is 4.74 Å². The van der Waals surface area contributed by atoms with E-state index in [0.29, 0.717) is 5.69 Å². The van der Waals surface area contributed by atoms with Crippen LogP contribution in [-0.4, -0.2) is 39.8 Å². The molecule has 164 valence electrons. The molecule has 0 radical (unpaired) electrons. The second kappa shape index (κ2) is 9.51. The molecule has 1 atom stereocenters. The van der Waals surface area contributed by atoms with Crippen LogP contribution in [0.4, 0.5) is 5.69 Å². The lowest BCUT2D eigenvalue weighted by molar-refractivity contribution is -0.120. The number of sulfonamides is 1. The molecular formula is C23H32N2O4S. The number of rotatable bonds is 8. The van der Waals surface area contributed by atoms with Crippen LogP contribution in [0.3, 0.4) is 0 Å². The van der Waals surface area contributed by atoms with Gasteiger partial charge in [-0.3, -0.25) is 9.10 Å². The van der Waals surface area contributed by atoms with Gasteiger partial charge in [0.15, 0.2) is 0 Å². The maximum absolute atomic E-state index is 12.5. The van der Waals surface area contributed by atoms with Crippen LogP contribution < -0.4 is 14.4 Å². The van der Waals surface area contributed by atoms with Crippen molar-refractivity contribution in [3.05, 3.63) is 59.7 Å². The molecule has 30 heavy (non-hydrogen) atoms. The van der Waals surface area contributed by atoms with Gasteiger partial charge in [-0.2, -0.15) is 0 Å². The molecule has 0 bridgehead atoms. The Morgan fingerprint density at radius 1 is 1.10 bits per heavy atom. The zero-order valence-corrected chi connectivity index (χ0v) is 19.4. The lowest BCUT2D eigenvalue weighted by Gasteiger charge is -2.25. The van der Waals surface area contributed by atoms with Crippen LogP contribution in [0.5, 0.6) is 5.75 Å². The average Bonchev–Trinajstić information content (AvgIpc) is 2.64. The lowest BCUT2D eigenvalue weighted by atomic mass is 9.87. The molecule has 0 heterocycles. The highest BCUT2D eigenvalue weighted by Gasteiger charge is 2.22. The molecule has 0 aliphatic carbocycles. The molecule has 0 saturated carbocycles. The number of carbonyl (C=O) groups excluding carboxylic acids is 1. The predicted octanol–water partition coefficient (Wildman–Crippen LogP) is 3.64. The minimum Gasteiger partial charge on any atom is -0.491 e. The van der Waals surface area contributed by atoms with Gasteiger partial charge in [0.2, 0.25) is 15.9 Å². The van der Waals surface area contributed by atoms with E-state index in [-0.39, 0.29) is 30.5 Å². The summed E-state index contributed by atoms with van der Waals surface area (Å²) < 4.78 is 31.5. The summed E-state index contributed by atoms with van der Waals surface area (Å²) in [4.78, 5) is 12.5. The summed E-state index contributed by atoms with van der Waals surface area (Å²) in [5.41, 5.74) is 2.52. The van der Waals surface area contributed by atoms with Crippen LogP contribution in [0, 0.1) is 6.92 Å². The number of aryl methyl sites for hydroxylation is 1. The van der Waals surface area contributed by atoms with E-state index in [9.17, 15) is 13.2 Å². The van der Waals surface area contributed by atoms with Gasteiger partial charge in [0, 0.05) is 0 Å². The van der Waals surface area contributed by atoms with E-state index in [2.05, 4.69) is 26.1 Å². The third-order valence-corrected chi connectivity index (χ3v) is 5.84. The second-order valence-corrected chi connectivity index (χ2v) is 10.5. The first-order chi connectivity index (χ1) is 13.9. The number of hydrogen-bond donors (Lipinski definition) is 1. The van der Waals surface area contributed by atoms with Crippen molar-refractivity contribution in [1.82, 2.24) is 5.32 Å². The molecule has 7 heteroatoms. The first kappa shape index (κ1) is 23.7. The van der Waals surface area contributed by atoms with Gasteiger partial charge in [0.05, 0.1) is 18.0 Å². The normalized spacial score (nSPS) is 12.9. The van der Waals surface area contributed by atoms with Gasteiger partial charge in [-0.25, -0.2) is 8.42 Å². The van der Waals surface area contributed by atoms with Crippen molar-refractivity contribution in [2.45, 2.75) is 46.1 Å². The van der Waals surface area contributed by atoms with Gasteiger partial charge in [0.25, 0.3) is 0 Å². The third-order valence-electron chi connectivity index (χ3n) is 4.70. The molecule has 6 nitrogen and oxygen atoms in total. The maximum Gasteiger partial charge on any atom is 0.241 e. The fourth-order valence-corrected chi connectivity index (χ4v) is 3.81. The number of ether oxygens (including phenoxy) is 1. The summed E-state index contributed by atoms with van der Waals surface area (Å²) in [6.45, 7) is 10.0. The van der Waals surface area contributed by atoms with Gasteiger partial charge in [0.1, 0.15) is 18.9 Å². The van der Waals surface area contributed by atoms with Crippen molar-refractivity contribution >= 4 is 21.6 Å². The predicted molar refractivity (Wildman–Crippen MR) is 122 cm³/mol. The molecule has 0 aliphatic rings. The fourth-order valence-electron chi connectivity index (χ4n) is 2.95. The van der Waals surface area contributed by atoms with Gasteiger partial charge in [-0.05, 0) is 48.6 Å². The Hall–Kier alpha value is -2.54. The van der Waals surface area contributed by atoms with Crippen LogP contribution in [0.2, 0.25) is 0 Å². The lowest BCUT2D eigenvalue weighted by Crippen LogP contribution is -2.44. The van der Waals surface area contributed by atoms with Crippen molar-refractivity contribution in [3.8, 4) is 5.75 Å². The van der Waals surface area contributed by atoms with Crippen molar-refractivity contribution in [1.29, 1.82) is 0 Å². The standard InChI is InChI=1S/C23H32N2O4S/c1-17-9-7-8-10-21(17)29-16-18(2)24-22(26)15-25(30(6,27)28)20-13-11-19(12-14-20)23(3,4)5/h7-14,18H,15-16H2,1-6H3,(H,24,26). The molecule has 1 amide bonds. The fraction of sp³-hybridized carbons (Fsp3) is 0.435.